The summed E-state index contributed by atoms with van der Waals surface area (Å²) in [5.41, 5.74) is -4.03. The molecule has 2 rings (SSSR count). The number of carbonyl (C=O) groups is 2. The van der Waals surface area contributed by atoms with E-state index in [1.807, 2.05) is 0 Å². The average Bonchev–Trinajstić information content (AvgIpc) is 2.65. The Morgan fingerprint density at radius 3 is 2.04 bits per heavy atom. The van der Waals surface area contributed by atoms with Crippen LogP contribution in [0.4, 0.5) is 23.2 Å². The summed E-state index contributed by atoms with van der Waals surface area (Å²) >= 11 is 0. The number of carbonyl (C=O) groups excluding carboxylic acids is 2. The van der Waals surface area contributed by atoms with Crippen LogP contribution in [0.2, 0.25) is 0 Å². The lowest BCUT2D eigenvalue weighted by Crippen LogP contribution is -2.40. The van der Waals surface area contributed by atoms with Gasteiger partial charge in [-0.1, -0.05) is 0 Å². The monoisotopic (exact) mass is 374 g/mol. The van der Waals surface area contributed by atoms with E-state index in [-0.39, 0.29) is 0 Å². The maximum atomic E-state index is 14.3. The minimum absolute atomic E-state index is 0.388. The van der Waals surface area contributed by atoms with E-state index in [9.17, 15) is 27.2 Å². The summed E-state index contributed by atoms with van der Waals surface area (Å²) < 4.78 is 70.3. The second kappa shape index (κ2) is 7.40. The molecule has 0 N–H and O–H groups in total. The summed E-state index contributed by atoms with van der Waals surface area (Å²) in [4.78, 5) is 24.2. The second-order valence-corrected chi connectivity index (χ2v) is 4.81. The first kappa shape index (κ1) is 19.2. The van der Waals surface area contributed by atoms with Crippen LogP contribution < -0.4 is 4.90 Å². The summed E-state index contributed by atoms with van der Waals surface area (Å²) in [7, 11) is 1.90. The number of halogens is 4. The minimum atomic E-state index is -1.96. The number of hydrogen-bond donors (Lipinski definition) is 0. The van der Waals surface area contributed by atoms with Crippen molar-refractivity contribution in [1.82, 2.24) is 0 Å². The molecule has 1 aromatic carbocycles. The first-order chi connectivity index (χ1) is 12.3. The predicted molar refractivity (Wildman–Crippen MR) is 75.3 cm³/mol. The molecular formula is C15H10F4N2O5. The third-order valence-corrected chi connectivity index (χ3v) is 3.46. The largest absolute Gasteiger partial charge is 0.466 e. The smallest absolute Gasteiger partial charge is 0.355 e. The molecule has 0 aliphatic carbocycles. The Kier molecular flexibility index (Phi) is 5.47. The third kappa shape index (κ3) is 2.95. The molecule has 7 nitrogen and oxygen atoms in total. The van der Waals surface area contributed by atoms with Crippen molar-refractivity contribution in [2.45, 2.75) is 0 Å². The highest BCUT2D eigenvalue weighted by molar-refractivity contribution is 6.03. The van der Waals surface area contributed by atoms with Gasteiger partial charge in [0, 0.05) is 0 Å². The lowest BCUT2D eigenvalue weighted by Gasteiger charge is -2.31. The van der Waals surface area contributed by atoms with Crippen molar-refractivity contribution in [3.8, 4) is 6.07 Å². The van der Waals surface area contributed by atoms with Crippen LogP contribution in [0, 0.1) is 34.6 Å². The highest BCUT2D eigenvalue weighted by Gasteiger charge is 2.37. The lowest BCUT2D eigenvalue weighted by molar-refractivity contribution is -0.140. The molecule has 0 aromatic heterocycles. The third-order valence-electron chi connectivity index (χ3n) is 3.46. The normalized spacial score (nSPS) is 14.1. The Hall–Kier alpha value is -3.13. The summed E-state index contributed by atoms with van der Waals surface area (Å²) in [5.74, 6) is -10.1. The Labute approximate surface area is 143 Å². The van der Waals surface area contributed by atoms with Gasteiger partial charge in [0.2, 0.25) is 0 Å². The van der Waals surface area contributed by atoms with E-state index in [2.05, 4.69) is 9.47 Å². The molecule has 1 aromatic rings. The zero-order chi connectivity index (χ0) is 19.6. The van der Waals surface area contributed by atoms with E-state index in [4.69, 9.17) is 10.00 Å². The molecule has 1 aliphatic heterocycles. The number of anilines is 1. The second-order valence-electron chi connectivity index (χ2n) is 4.81. The average molecular weight is 374 g/mol. The molecule has 0 saturated heterocycles. The molecule has 0 bridgehead atoms. The fourth-order valence-electron chi connectivity index (χ4n) is 2.28. The van der Waals surface area contributed by atoms with Crippen LogP contribution in [0.5, 0.6) is 0 Å². The molecule has 0 saturated carbocycles. The number of nitriles is 1. The van der Waals surface area contributed by atoms with Gasteiger partial charge in [-0.2, -0.15) is 5.26 Å². The van der Waals surface area contributed by atoms with Crippen molar-refractivity contribution in [2.24, 2.45) is 0 Å². The van der Waals surface area contributed by atoms with Gasteiger partial charge in [-0.15, -0.1) is 0 Å². The minimum Gasteiger partial charge on any atom is -0.466 e. The molecule has 26 heavy (non-hydrogen) atoms. The molecular weight excluding hydrogens is 364 g/mol. The molecule has 1 aliphatic rings. The fraction of sp³-hybridized carbons (Fsp3) is 0.267. The van der Waals surface area contributed by atoms with E-state index in [0.717, 1.165) is 20.3 Å². The Bertz CT molecular complexity index is 834. The van der Waals surface area contributed by atoms with Gasteiger partial charge < -0.3 is 19.1 Å². The van der Waals surface area contributed by atoms with Crippen molar-refractivity contribution in [3.63, 3.8) is 0 Å². The van der Waals surface area contributed by atoms with Crippen molar-refractivity contribution < 1.29 is 41.4 Å². The van der Waals surface area contributed by atoms with Crippen LogP contribution >= 0.6 is 0 Å². The van der Waals surface area contributed by atoms with Crippen molar-refractivity contribution >= 4 is 17.6 Å². The fourth-order valence-corrected chi connectivity index (χ4v) is 2.28. The van der Waals surface area contributed by atoms with Gasteiger partial charge in [-0.25, -0.2) is 27.2 Å². The zero-order valence-corrected chi connectivity index (χ0v) is 13.4. The number of ether oxygens (including phenoxy) is 3. The number of benzene rings is 1. The van der Waals surface area contributed by atoms with Crippen LogP contribution in [0.1, 0.15) is 5.56 Å². The van der Waals surface area contributed by atoms with Crippen LogP contribution in [0.25, 0.3) is 0 Å². The standard InChI is InChI=1S/C15H10F4N2O5/c1-24-14(22)7-4-26-5-21(12(7)15(23)25-2)13-10(18)8(16)6(3-20)9(17)11(13)19/h4-5H2,1-2H3. The van der Waals surface area contributed by atoms with E-state index < -0.39 is 71.1 Å². The maximum Gasteiger partial charge on any atom is 0.355 e. The van der Waals surface area contributed by atoms with Gasteiger partial charge in [0.1, 0.15) is 29.7 Å². The van der Waals surface area contributed by atoms with E-state index in [0.29, 0.717) is 4.90 Å². The Balaban J connectivity index is 2.80. The van der Waals surface area contributed by atoms with E-state index >= 15 is 0 Å². The zero-order valence-electron chi connectivity index (χ0n) is 13.4. The van der Waals surface area contributed by atoms with Crippen LogP contribution in [-0.4, -0.2) is 39.5 Å². The molecule has 0 radical (unpaired) electrons. The van der Waals surface area contributed by atoms with E-state index in [1.165, 1.54) is 0 Å². The predicted octanol–water partition coefficient (Wildman–Crippen LogP) is 1.51. The van der Waals surface area contributed by atoms with Gasteiger partial charge in [-0.05, 0) is 0 Å². The van der Waals surface area contributed by atoms with Crippen LogP contribution in [0.3, 0.4) is 0 Å². The topological polar surface area (TPSA) is 88.9 Å². The molecule has 0 unspecified atom stereocenters. The van der Waals surface area contributed by atoms with Gasteiger partial charge in [0.25, 0.3) is 0 Å². The van der Waals surface area contributed by atoms with E-state index in [1.54, 1.807) is 0 Å². The molecule has 0 atom stereocenters. The first-order valence-corrected chi connectivity index (χ1v) is 6.81. The van der Waals surface area contributed by atoms with Crippen molar-refractivity contribution in [1.29, 1.82) is 5.26 Å². The van der Waals surface area contributed by atoms with Gasteiger partial charge in [0.05, 0.1) is 26.4 Å². The van der Waals surface area contributed by atoms with Crippen molar-refractivity contribution in [3.05, 3.63) is 40.1 Å². The highest BCUT2D eigenvalue weighted by Crippen LogP contribution is 2.35. The molecule has 1 heterocycles. The molecule has 0 fully saturated rings. The summed E-state index contributed by atoms with van der Waals surface area (Å²) in [6.07, 6.45) is 0. The van der Waals surface area contributed by atoms with Crippen LogP contribution in [-0.2, 0) is 23.8 Å². The number of rotatable bonds is 3. The number of nitrogens with zero attached hydrogens (tertiary/aromatic N) is 2. The molecule has 138 valence electrons. The quantitative estimate of drug-likeness (QED) is 0.450. The maximum absolute atomic E-state index is 14.3. The van der Waals surface area contributed by atoms with Gasteiger partial charge in [0.15, 0.2) is 23.3 Å². The van der Waals surface area contributed by atoms with Crippen LogP contribution in [0.15, 0.2) is 11.3 Å². The SMILES string of the molecule is COC(=O)C1=C(C(=O)OC)N(c2c(F)c(F)c(C#N)c(F)c2F)COC1. The van der Waals surface area contributed by atoms with Crippen molar-refractivity contribution in [2.75, 3.05) is 32.5 Å². The Morgan fingerprint density at radius 1 is 1.04 bits per heavy atom. The highest BCUT2D eigenvalue weighted by atomic mass is 19.2. The lowest BCUT2D eigenvalue weighted by atomic mass is 10.1. The molecule has 0 amide bonds. The number of hydrogen-bond acceptors (Lipinski definition) is 7. The summed E-state index contributed by atoms with van der Waals surface area (Å²) in [5, 5.41) is 8.63. The van der Waals surface area contributed by atoms with Gasteiger partial charge >= 0.3 is 11.9 Å². The molecule has 11 heteroatoms. The summed E-state index contributed by atoms with van der Waals surface area (Å²) in [6.45, 7) is -1.21. The first-order valence-electron chi connectivity index (χ1n) is 6.81. The number of methoxy groups -OCH3 is 2. The summed E-state index contributed by atoms with van der Waals surface area (Å²) in [6, 6.07) is 0.999. The molecule has 0 spiro atoms. The Morgan fingerprint density at radius 2 is 1.58 bits per heavy atom. The number of esters is 2. The van der Waals surface area contributed by atoms with Gasteiger partial charge in [-0.3, -0.25) is 0 Å².